The maximum absolute atomic E-state index is 12.9. The van der Waals surface area contributed by atoms with Crippen LogP contribution in [0.25, 0.3) is 0 Å². The van der Waals surface area contributed by atoms with E-state index in [-0.39, 0.29) is 11.9 Å². The number of nitrogens with one attached hydrogen (secondary N) is 1. The largest absolute Gasteiger partial charge is 0.481 e. The summed E-state index contributed by atoms with van der Waals surface area (Å²) in [4.78, 5) is 24.6. The molecule has 0 bridgehead atoms. The molecule has 2 aliphatic carbocycles. The molecular formula is C22H37NO3. The first kappa shape index (κ1) is 21.0. The van der Waals surface area contributed by atoms with Gasteiger partial charge in [0.25, 0.3) is 0 Å². The Labute approximate surface area is 158 Å². The minimum absolute atomic E-state index is 0.0404. The number of allylic oxidation sites excluding steroid dienone is 2. The first-order valence-corrected chi connectivity index (χ1v) is 10.7. The van der Waals surface area contributed by atoms with Crippen LogP contribution >= 0.6 is 0 Å². The molecule has 0 spiro atoms. The normalized spacial score (nSPS) is 27.3. The number of carbonyl (C=O) groups excluding carboxylic acids is 1. The minimum atomic E-state index is -0.837. The van der Waals surface area contributed by atoms with Crippen molar-refractivity contribution in [1.29, 1.82) is 0 Å². The molecular weight excluding hydrogens is 326 g/mol. The number of carboxylic acids is 1. The summed E-state index contributed by atoms with van der Waals surface area (Å²) in [6.45, 7) is 4.02. The molecule has 0 aromatic carbocycles. The van der Waals surface area contributed by atoms with E-state index in [0.717, 1.165) is 31.3 Å². The van der Waals surface area contributed by atoms with Crippen LogP contribution in [0.2, 0.25) is 0 Å². The molecule has 4 nitrogen and oxygen atoms in total. The van der Waals surface area contributed by atoms with E-state index in [1.807, 2.05) is 13.8 Å². The molecule has 0 unspecified atom stereocenters. The zero-order valence-corrected chi connectivity index (χ0v) is 16.7. The predicted molar refractivity (Wildman–Crippen MR) is 105 cm³/mol. The van der Waals surface area contributed by atoms with Crippen LogP contribution < -0.4 is 5.32 Å². The van der Waals surface area contributed by atoms with E-state index < -0.39 is 17.8 Å². The molecule has 2 rings (SSSR count). The highest BCUT2D eigenvalue weighted by Gasteiger charge is 2.37. The van der Waals surface area contributed by atoms with E-state index >= 15 is 0 Å². The van der Waals surface area contributed by atoms with Gasteiger partial charge in [-0.3, -0.25) is 9.59 Å². The smallest absolute Gasteiger partial charge is 0.307 e. The Morgan fingerprint density at radius 3 is 1.65 bits per heavy atom. The highest BCUT2D eigenvalue weighted by Crippen LogP contribution is 2.34. The van der Waals surface area contributed by atoms with E-state index in [1.165, 1.54) is 50.5 Å². The molecule has 0 aliphatic heterocycles. The summed E-state index contributed by atoms with van der Waals surface area (Å²) in [5.41, 5.74) is 2.31. The average molecular weight is 364 g/mol. The number of aliphatic carboxylic acids is 1. The lowest BCUT2D eigenvalue weighted by Gasteiger charge is -2.31. The Morgan fingerprint density at radius 1 is 0.769 bits per heavy atom. The number of hydrogen-bond donors (Lipinski definition) is 2. The third-order valence-corrected chi connectivity index (χ3v) is 6.37. The van der Waals surface area contributed by atoms with Gasteiger partial charge in [0.2, 0.25) is 5.91 Å². The lowest BCUT2D eigenvalue weighted by atomic mass is 9.76. The zero-order chi connectivity index (χ0) is 18.9. The first-order valence-electron chi connectivity index (χ1n) is 10.7. The van der Waals surface area contributed by atoms with Gasteiger partial charge < -0.3 is 10.4 Å². The van der Waals surface area contributed by atoms with Crippen molar-refractivity contribution in [2.45, 2.75) is 103 Å². The minimum Gasteiger partial charge on any atom is -0.481 e. The van der Waals surface area contributed by atoms with Crippen LogP contribution in [-0.2, 0) is 9.59 Å². The van der Waals surface area contributed by atoms with Crippen molar-refractivity contribution in [1.82, 2.24) is 5.32 Å². The summed E-state index contributed by atoms with van der Waals surface area (Å²) < 4.78 is 0. The second-order valence-corrected chi connectivity index (χ2v) is 8.48. The first-order chi connectivity index (χ1) is 12.5. The number of hydrogen-bond acceptors (Lipinski definition) is 2. The fourth-order valence-corrected chi connectivity index (χ4v) is 4.44. The van der Waals surface area contributed by atoms with Gasteiger partial charge in [0.15, 0.2) is 0 Å². The van der Waals surface area contributed by atoms with Crippen molar-refractivity contribution in [3.05, 3.63) is 11.1 Å². The van der Waals surface area contributed by atoms with E-state index in [9.17, 15) is 14.7 Å². The maximum atomic E-state index is 12.9. The van der Waals surface area contributed by atoms with Gasteiger partial charge >= 0.3 is 5.97 Å². The number of carbonyl (C=O) groups is 2. The molecule has 1 fully saturated rings. The molecule has 2 N–H and O–H groups in total. The van der Waals surface area contributed by atoms with Crippen molar-refractivity contribution in [3.8, 4) is 0 Å². The van der Waals surface area contributed by atoms with E-state index in [1.54, 1.807) is 0 Å². The predicted octanol–water partition coefficient (Wildman–Crippen LogP) is 5.22. The molecule has 2 atom stereocenters. The molecule has 0 radical (unpaired) electrons. The summed E-state index contributed by atoms with van der Waals surface area (Å²) in [6, 6.07) is 0.212. The monoisotopic (exact) mass is 363 g/mol. The van der Waals surface area contributed by atoms with E-state index in [4.69, 9.17) is 0 Å². The molecule has 1 amide bonds. The maximum Gasteiger partial charge on any atom is 0.307 e. The third-order valence-electron chi connectivity index (χ3n) is 6.37. The highest BCUT2D eigenvalue weighted by molar-refractivity contribution is 5.85. The van der Waals surface area contributed by atoms with Gasteiger partial charge in [-0.25, -0.2) is 0 Å². The van der Waals surface area contributed by atoms with Gasteiger partial charge in [-0.1, -0.05) is 68.9 Å². The summed E-state index contributed by atoms with van der Waals surface area (Å²) in [5, 5.41) is 12.8. The summed E-state index contributed by atoms with van der Waals surface area (Å²) in [7, 11) is 0. The Hall–Kier alpha value is -1.32. The molecule has 1 saturated carbocycles. The van der Waals surface area contributed by atoms with E-state index in [2.05, 4.69) is 5.32 Å². The van der Waals surface area contributed by atoms with E-state index in [0.29, 0.717) is 12.8 Å². The number of rotatable bonds is 3. The van der Waals surface area contributed by atoms with Gasteiger partial charge in [0.1, 0.15) is 0 Å². The second-order valence-electron chi connectivity index (χ2n) is 8.48. The van der Waals surface area contributed by atoms with Gasteiger partial charge in [0, 0.05) is 6.04 Å². The zero-order valence-electron chi connectivity index (χ0n) is 16.7. The Kier molecular flexibility index (Phi) is 8.67. The lowest BCUT2D eigenvalue weighted by Crippen LogP contribution is -2.44. The van der Waals surface area contributed by atoms with Crippen molar-refractivity contribution in [2.75, 3.05) is 0 Å². The van der Waals surface area contributed by atoms with Gasteiger partial charge in [-0.2, -0.15) is 0 Å². The van der Waals surface area contributed by atoms with Crippen molar-refractivity contribution in [2.24, 2.45) is 11.8 Å². The van der Waals surface area contributed by atoms with Crippen molar-refractivity contribution in [3.63, 3.8) is 0 Å². The Balaban J connectivity index is 1.96. The molecule has 26 heavy (non-hydrogen) atoms. The molecule has 0 saturated heterocycles. The molecule has 148 valence electrons. The summed E-state index contributed by atoms with van der Waals surface area (Å²) >= 11 is 0. The molecule has 4 heteroatoms. The Bertz CT molecular complexity index is 500. The third kappa shape index (κ3) is 6.44. The van der Waals surface area contributed by atoms with Crippen LogP contribution in [0.4, 0.5) is 0 Å². The molecule has 0 aromatic rings. The van der Waals surface area contributed by atoms with Gasteiger partial charge in [0.05, 0.1) is 11.8 Å². The summed E-state index contributed by atoms with van der Waals surface area (Å²) in [5.74, 6) is -1.88. The fraction of sp³-hybridized carbons (Fsp3) is 0.818. The van der Waals surface area contributed by atoms with Gasteiger partial charge in [-0.15, -0.1) is 0 Å². The van der Waals surface area contributed by atoms with Crippen LogP contribution in [-0.4, -0.2) is 23.0 Å². The summed E-state index contributed by atoms with van der Waals surface area (Å²) in [6.07, 6.45) is 14.6. The van der Waals surface area contributed by atoms with Crippen LogP contribution in [0.3, 0.4) is 0 Å². The van der Waals surface area contributed by atoms with Crippen LogP contribution in [0.1, 0.15) is 97.3 Å². The topological polar surface area (TPSA) is 66.4 Å². The quantitative estimate of drug-likeness (QED) is 0.675. The second kappa shape index (κ2) is 10.7. The number of amides is 1. The standard InChI is InChI=1S/C22H37NO3/c1-16-14-19(20(22(25)26)15-17(16)2)21(24)23-18-12-10-8-6-4-3-5-7-9-11-13-18/h18-20H,3-15H2,1-2H3,(H,23,24)(H,25,26)/t19-,20+/m1/s1. The van der Waals surface area contributed by atoms with Crippen molar-refractivity contribution >= 4 is 11.9 Å². The molecule has 2 aliphatic rings. The van der Waals surface area contributed by atoms with Crippen LogP contribution in [0, 0.1) is 11.8 Å². The average Bonchev–Trinajstić information content (AvgIpc) is 2.59. The number of carboxylic acid groups (broad SMARTS) is 1. The SMILES string of the molecule is CC1=C(C)C[C@@H](C(=O)NC2CCCCCCCCCCC2)[C@@H](C(=O)O)C1. The lowest BCUT2D eigenvalue weighted by molar-refractivity contribution is -0.147. The molecule has 0 aromatic heterocycles. The van der Waals surface area contributed by atoms with Crippen LogP contribution in [0.5, 0.6) is 0 Å². The highest BCUT2D eigenvalue weighted by atomic mass is 16.4. The fourth-order valence-electron chi connectivity index (χ4n) is 4.44. The Morgan fingerprint density at radius 2 is 1.19 bits per heavy atom. The van der Waals surface area contributed by atoms with Gasteiger partial charge in [-0.05, 0) is 39.5 Å². The van der Waals surface area contributed by atoms with Crippen molar-refractivity contribution < 1.29 is 14.7 Å². The van der Waals surface area contributed by atoms with Crippen LogP contribution in [0.15, 0.2) is 11.1 Å². The molecule has 0 heterocycles.